The number of rotatable bonds is 2. The van der Waals surface area contributed by atoms with Gasteiger partial charge >= 0.3 is 7.12 Å². The Morgan fingerprint density at radius 3 is 1.70 bits per heavy atom. The maximum absolute atomic E-state index is 6.41. The monoisotopic (exact) mass is 430 g/mol. The first-order valence-corrected chi connectivity index (χ1v) is 11.6. The third-order valence-corrected chi connectivity index (χ3v) is 7.52. The Morgan fingerprint density at radius 1 is 0.515 bits per heavy atom. The summed E-state index contributed by atoms with van der Waals surface area (Å²) in [4.78, 5) is 0. The molecule has 1 saturated heterocycles. The SMILES string of the molecule is CC1(C)OB(c2ccc(-c3cc4ccccc4c4ccccc34)c3ccccc23)OC1(C)C. The predicted octanol–water partition coefficient (Wildman–Crippen LogP) is 7.11. The zero-order valence-corrected chi connectivity index (χ0v) is 19.6. The quantitative estimate of drug-likeness (QED) is 0.219. The summed E-state index contributed by atoms with van der Waals surface area (Å²) in [5.74, 6) is 0. The maximum atomic E-state index is 6.41. The molecule has 0 saturated carbocycles. The van der Waals surface area contributed by atoms with Gasteiger partial charge in [-0.1, -0.05) is 84.9 Å². The molecule has 0 spiro atoms. The lowest BCUT2D eigenvalue weighted by Gasteiger charge is -2.32. The Balaban J connectivity index is 1.60. The van der Waals surface area contributed by atoms with E-state index in [9.17, 15) is 0 Å². The number of hydrogen-bond acceptors (Lipinski definition) is 2. The van der Waals surface area contributed by atoms with E-state index >= 15 is 0 Å². The van der Waals surface area contributed by atoms with Crippen molar-refractivity contribution < 1.29 is 9.31 Å². The minimum atomic E-state index is -0.387. The van der Waals surface area contributed by atoms with E-state index in [-0.39, 0.29) is 18.3 Å². The van der Waals surface area contributed by atoms with Crippen molar-refractivity contribution >= 4 is 44.9 Å². The largest absolute Gasteiger partial charge is 0.495 e. The first kappa shape index (κ1) is 20.5. The van der Waals surface area contributed by atoms with Gasteiger partial charge in [-0.05, 0) is 82.7 Å². The Labute approximate surface area is 195 Å². The van der Waals surface area contributed by atoms with E-state index in [1.807, 2.05) is 0 Å². The summed E-state index contributed by atoms with van der Waals surface area (Å²) in [5.41, 5.74) is 2.82. The van der Waals surface area contributed by atoms with Gasteiger partial charge in [0, 0.05) is 0 Å². The minimum absolute atomic E-state index is 0.369. The van der Waals surface area contributed by atoms with Gasteiger partial charge in [-0.3, -0.25) is 0 Å². The molecule has 6 rings (SSSR count). The molecule has 1 fully saturated rings. The fraction of sp³-hybridized carbons (Fsp3) is 0.200. The van der Waals surface area contributed by atoms with E-state index in [0.717, 1.165) is 5.46 Å². The van der Waals surface area contributed by atoms with E-state index in [1.54, 1.807) is 0 Å². The molecule has 33 heavy (non-hydrogen) atoms. The Morgan fingerprint density at radius 2 is 1.03 bits per heavy atom. The molecular formula is C30H27BO2. The van der Waals surface area contributed by atoms with Gasteiger partial charge < -0.3 is 9.31 Å². The average Bonchev–Trinajstić information content (AvgIpc) is 3.04. The molecule has 5 aromatic rings. The van der Waals surface area contributed by atoms with Crippen LogP contribution >= 0.6 is 0 Å². The van der Waals surface area contributed by atoms with Gasteiger partial charge in [0.15, 0.2) is 0 Å². The summed E-state index contributed by atoms with van der Waals surface area (Å²) in [6, 6.07) is 32.7. The molecule has 162 valence electrons. The zero-order valence-electron chi connectivity index (χ0n) is 19.6. The van der Waals surface area contributed by atoms with Crippen LogP contribution in [0.2, 0.25) is 0 Å². The summed E-state index contributed by atoms with van der Waals surface area (Å²) >= 11 is 0. The van der Waals surface area contributed by atoms with E-state index in [0.29, 0.717) is 0 Å². The molecule has 0 unspecified atom stereocenters. The van der Waals surface area contributed by atoms with Gasteiger partial charge in [0.1, 0.15) is 0 Å². The lowest BCUT2D eigenvalue weighted by Crippen LogP contribution is -2.41. The average molecular weight is 430 g/mol. The van der Waals surface area contributed by atoms with Crippen molar-refractivity contribution in [1.82, 2.24) is 0 Å². The van der Waals surface area contributed by atoms with Gasteiger partial charge in [-0.25, -0.2) is 0 Å². The van der Waals surface area contributed by atoms with Gasteiger partial charge in [0.25, 0.3) is 0 Å². The number of benzene rings is 5. The molecule has 3 heteroatoms. The molecule has 1 aliphatic rings. The van der Waals surface area contributed by atoms with Gasteiger partial charge in [-0.15, -0.1) is 0 Å². The van der Waals surface area contributed by atoms with Crippen molar-refractivity contribution in [2.75, 3.05) is 0 Å². The molecule has 2 nitrogen and oxygen atoms in total. The highest BCUT2D eigenvalue weighted by Gasteiger charge is 2.52. The fourth-order valence-corrected chi connectivity index (χ4v) is 5.01. The van der Waals surface area contributed by atoms with Crippen molar-refractivity contribution in [3.05, 3.63) is 91.0 Å². The molecule has 0 bridgehead atoms. The third-order valence-electron chi connectivity index (χ3n) is 7.52. The summed E-state index contributed by atoms with van der Waals surface area (Å²) in [6.07, 6.45) is 0. The van der Waals surface area contributed by atoms with E-state index in [1.165, 1.54) is 43.4 Å². The first-order valence-electron chi connectivity index (χ1n) is 11.6. The highest BCUT2D eigenvalue weighted by atomic mass is 16.7. The molecule has 1 aliphatic heterocycles. The molecule has 0 atom stereocenters. The molecule has 1 heterocycles. The maximum Gasteiger partial charge on any atom is 0.495 e. The summed E-state index contributed by atoms with van der Waals surface area (Å²) in [6.45, 7) is 8.41. The number of hydrogen-bond donors (Lipinski definition) is 0. The van der Waals surface area contributed by atoms with E-state index < -0.39 is 0 Å². The van der Waals surface area contributed by atoms with Crippen molar-refractivity contribution in [2.24, 2.45) is 0 Å². The summed E-state index contributed by atoms with van der Waals surface area (Å²) in [5, 5.41) is 7.48. The summed E-state index contributed by atoms with van der Waals surface area (Å²) in [7, 11) is -0.387. The lowest BCUT2D eigenvalue weighted by molar-refractivity contribution is 0.00578. The van der Waals surface area contributed by atoms with Gasteiger partial charge in [0.2, 0.25) is 0 Å². The highest BCUT2D eigenvalue weighted by Crippen LogP contribution is 2.40. The minimum Gasteiger partial charge on any atom is -0.399 e. The standard InChI is InChI=1S/C30H27BO2/c1-29(2)30(3,4)33-31(32-29)28-18-17-25(23-14-9-10-16-26(23)28)27-19-20-11-5-6-12-21(20)22-13-7-8-15-24(22)27/h5-19H,1-4H3. The molecule has 0 N–H and O–H groups in total. The van der Waals surface area contributed by atoms with Crippen LogP contribution in [-0.4, -0.2) is 18.3 Å². The highest BCUT2D eigenvalue weighted by molar-refractivity contribution is 6.65. The molecule has 0 radical (unpaired) electrons. The van der Waals surface area contributed by atoms with Crippen LogP contribution in [0.4, 0.5) is 0 Å². The molecule has 0 aromatic heterocycles. The van der Waals surface area contributed by atoms with Crippen LogP contribution in [0, 0.1) is 0 Å². The predicted molar refractivity (Wildman–Crippen MR) is 140 cm³/mol. The van der Waals surface area contributed by atoms with Crippen LogP contribution < -0.4 is 5.46 Å². The van der Waals surface area contributed by atoms with Crippen LogP contribution in [0.25, 0.3) is 43.4 Å². The first-order chi connectivity index (χ1) is 15.9. The normalized spacial score (nSPS) is 17.3. The second-order valence-corrected chi connectivity index (χ2v) is 10.0. The molecule has 0 aliphatic carbocycles. The Bertz CT molecular complexity index is 1520. The fourth-order valence-electron chi connectivity index (χ4n) is 5.01. The zero-order chi connectivity index (χ0) is 22.8. The van der Waals surface area contributed by atoms with Crippen LogP contribution in [0.1, 0.15) is 27.7 Å². The molecular weight excluding hydrogens is 403 g/mol. The topological polar surface area (TPSA) is 18.5 Å². The second kappa shape index (κ2) is 7.18. The van der Waals surface area contributed by atoms with E-state index in [4.69, 9.17) is 9.31 Å². The van der Waals surface area contributed by atoms with Crippen molar-refractivity contribution in [1.29, 1.82) is 0 Å². The van der Waals surface area contributed by atoms with Gasteiger partial charge in [0.05, 0.1) is 11.2 Å². The third kappa shape index (κ3) is 3.11. The Hall–Kier alpha value is -3.14. The van der Waals surface area contributed by atoms with Gasteiger partial charge in [-0.2, -0.15) is 0 Å². The van der Waals surface area contributed by atoms with Crippen molar-refractivity contribution in [3.8, 4) is 11.1 Å². The van der Waals surface area contributed by atoms with Crippen LogP contribution in [0.5, 0.6) is 0 Å². The Kier molecular flexibility index (Phi) is 4.45. The van der Waals surface area contributed by atoms with E-state index in [2.05, 4.69) is 119 Å². The summed E-state index contributed by atoms with van der Waals surface area (Å²) < 4.78 is 12.8. The molecule has 5 aromatic carbocycles. The van der Waals surface area contributed by atoms with Crippen molar-refractivity contribution in [3.63, 3.8) is 0 Å². The lowest BCUT2D eigenvalue weighted by atomic mass is 9.74. The second-order valence-electron chi connectivity index (χ2n) is 10.0. The molecule has 0 amide bonds. The number of fused-ring (bicyclic) bond motifs is 4. The van der Waals surface area contributed by atoms with Crippen molar-refractivity contribution in [2.45, 2.75) is 38.9 Å². The van der Waals surface area contributed by atoms with Crippen LogP contribution in [-0.2, 0) is 9.31 Å². The smallest absolute Gasteiger partial charge is 0.399 e. The van der Waals surface area contributed by atoms with Crippen LogP contribution in [0.15, 0.2) is 91.0 Å². The van der Waals surface area contributed by atoms with Crippen LogP contribution in [0.3, 0.4) is 0 Å².